The van der Waals surface area contributed by atoms with Crippen molar-refractivity contribution < 1.29 is 22.3 Å². The van der Waals surface area contributed by atoms with Gasteiger partial charge >= 0.3 is 12.1 Å². The van der Waals surface area contributed by atoms with Crippen molar-refractivity contribution in [3.05, 3.63) is 88.5 Å². The van der Waals surface area contributed by atoms with Crippen LogP contribution in [-0.2, 0) is 6.42 Å². The Bertz CT molecular complexity index is 1900. The Kier molecular flexibility index (Phi) is 10.3. The zero-order chi connectivity index (χ0) is 34.5. The van der Waals surface area contributed by atoms with Crippen LogP contribution in [0.1, 0.15) is 69.0 Å². The van der Waals surface area contributed by atoms with Gasteiger partial charge in [0.1, 0.15) is 5.65 Å². The van der Waals surface area contributed by atoms with Gasteiger partial charge in [0.15, 0.2) is 17.5 Å². The molecule has 5 aromatic rings. The van der Waals surface area contributed by atoms with Crippen LogP contribution in [0, 0.1) is 5.82 Å². The molecule has 49 heavy (non-hydrogen) atoms. The summed E-state index contributed by atoms with van der Waals surface area (Å²) in [6.45, 7) is 2.64. The number of alkyl halides is 3. The number of aromatic amines is 2. The first-order chi connectivity index (χ1) is 23.5. The van der Waals surface area contributed by atoms with Gasteiger partial charge in [-0.2, -0.15) is 4.98 Å². The van der Waals surface area contributed by atoms with E-state index in [0.29, 0.717) is 41.9 Å². The van der Waals surface area contributed by atoms with E-state index in [-0.39, 0.29) is 29.0 Å². The Labute approximate surface area is 280 Å². The number of hydrogen-bond donors (Lipinski definition) is 5. The molecule has 4 heterocycles. The zero-order valence-corrected chi connectivity index (χ0v) is 27.1. The van der Waals surface area contributed by atoms with E-state index < -0.39 is 23.6 Å². The highest BCUT2D eigenvalue weighted by molar-refractivity contribution is 5.83. The number of nitrogens with two attached hydrogens (primary N) is 1. The first kappa shape index (κ1) is 34.2. The van der Waals surface area contributed by atoms with Crippen LogP contribution in [0.15, 0.2) is 65.8 Å². The van der Waals surface area contributed by atoms with Gasteiger partial charge in [0, 0.05) is 54.2 Å². The van der Waals surface area contributed by atoms with Crippen LogP contribution in [-0.4, -0.2) is 49.5 Å². The van der Waals surface area contributed by atoms with E-state index in [1.165, 1.54) is 10.6 Å². The molecular weight excluding hydrogens is 640 g/mol. The van der Waals surface area contributed by atoms with Gasteiger partial charge < -0.3 is 31.1 Å². The maximum Gasteiger partial charge on any atom is 0.573 e. The molecule has 1 aliphatic heterocycles. The number of nitrogens with zero attached hydrogens (tertiary/aromatic N) is 3. The summed E-state index contributed by atoms with van der Waals surface area (Å²) < 4.78 is 60.3. The van der Waals surface area contributed by atoms with Crippen LogP contribution in [0.4, 0.5) is 23.5 Å². The Morgan fingerprint density at radius 1 is 1.14 bits per heavy atom. The van der Waals surface area contributed by atoms with Crippen LogP contribution >= 0.6 is 0 Å². The molecule has 0 amide bonds. The fourth-order valence-electron chi connectivity index (χ4n) is 6.42. The number of imidazole rings is 1. The van der Waals surface area contributed by atoms with E-state index in [1.807, 2.05) is 31.2 Å². The number of aryl methyl sites for hydroxylation is 1. The minimum atomic E-state index is -5.07. The van der Waals surface area contributed by atoms with Crippen molar-refractivity contribution in [1.29, 1.82) is 0 Å². The summed E-state index contributed by atoms with van der Waals surface area (Å²) in [4.78, 5) is 27.5. The lowest BCUT2D eigenvalue weighted by Gasteiger charge is -2.23. The molecule has 0 radical (unpaired) electrons. The number of aromatic nitrogens is 5. The van der Waals surface area contributed by atoms with Crippen molar-refractivity contribution in [3.8, 4) is 22.7 Å². The normalized spacial score (nSPS) is 17.6. The highest BCUT2D eigenvalue weighted by Crippen LogP contribution is 2.35. The summed E-state index contributed by atoms with van der Waals surface area (Å²) in [5.41, 5.74) is 7.68. The predicted octanol–water partition coefficient (Wildman–Crippen LogP) is 6.89. The number of H-pyrrole nitrogens is 2. The lowest BCUT2D eigenvalue weighted by Crippen LogP contribution is -2.33. The number of benzene rings is 2. The standard InChI is InChI=1S/C35H40F4N8O2/c1-21(40)5-4-6-22-17-27(31(36)30(18-22)49-35(37,38)39)29-19-24-20-47(34(48)46-32(24)45-29)26-11-9-23(10-12-26)28-8-3-2-7-25(44-28)13-14-41-33-42-15-16-43-33/h9-12,15-21,25,28,44H,2-8,13-14,40H2,1H3,(H2,41,42,43)(H,45,46,48)/t21-,25-,28-/m0/s1. The lowest BCUT2D eigenvalue weighted by molar-refractivity contribution is -0.275. The summed E-state index contributed by atoms with van der Waals surface area (Å²) in [6, 6.07) is 12.3. The van der Waals surface area contributed by atoms with Crippen molar-refractivity contribution >= 4 is 17.0 Å². The second kappa shape index (κ2) is 14.8. The number of nitrogens with one attached hydrogen (secondary N) is 4. The molecule has 3 aromatic heterocycles. The second-order valence-corrected chi connectivity index (χ2v) is 12.7. The number of fused-ring (bicyclic) bond motifs is 1. The van der Waals surface area contributed by atoms with Crippen LogP contribution < -0.4 is 26.8 Å². The molecule has 0 bridgehead atoms. The molecule has 14 heteroatoms. The van der Waals surface area contributed by atoms with E-state index in [0.717, 1.165) is 56.2 Å². The molecule has 0 unspecified atom stereocenters. The molecular formula is C35H40F4N8O2. The smallest absolute Gasteiger partial charge is 0.403 e. The largest absolute Gasteiger partial charge is 0.573 e. The maximum atomic E-state index is 15.5. The lowest BCUT2D eigenvalue weighted by atomic mass is 10.0. The van der Waals surface area contributed by atoms with Crippen LogP contribution in [0.5, 0.6) is 5.75 Å². The highest BCUT2D eigenvalue weighted by atomic mass is 19.4. The topological polar surface area (TPSA) is 139 Å². The summed E-state index contributed by atoms with van der Waals surface area (Å²) in [5, 5.41) is 7.60. The zero-order valence-electron chi connectivity index (χ0n) is 27.1. The average Bonchev–Trinajstić information content (AvgIpc) is 3.66. The van der Waals surface area contributed by atoms with Crippen molar-refractivity contribution in [2.45, 2.75) is 82.8 Å². The molecule has 0 aliphatic carbocycles. The second-order valence-electron chi connectivity index (χ2n) is 12.7. The Balaban J connectivity index is 1.22. The number of rotatable bonds is 12. The number of ether oxygens (including phenoxy) is 1. The van der Waals surface area contributed by atoms with Gasteiger partial charge in [0.25, 0.3) is 0 Å². The van der Waals surface area contributed by atoms with Gasteiger partial charge in [-0.3, -0.25) is 4.57 Å². The molecule has 0 spiro atoms. The first-order valence-electron chi connectivity index (χ1n) is 16.6. The summed E-state index contributed by atoms with van der Waals surface area (Å²) in [6.07, 6.45) is 6.93. The van der Waals surface area contributed by atoms with E-state index in [4.69, 9.17) is 5.73 Å². The predicted molar refractivity (Wildman–Crippen MR) is 180 cm³/mol. The Morgan fingerprint density at radius 3 is 2.67 bits per heavy atom. The molecule has 1 saturated heterocycles. The number of anilines is 1. The summed E-state index contributed by atoms with van der Waals surface area (Å²) >= 11 is 0. The van der Waals surface area contributed by atoms with Gasteiger partial charge in [-0.05, 0) is 86.9 Å². The maximum absolute atomic E-state index is 15.5. The molecule has 2 aromatic carbocycles. The third-order valence-electron chi connectivity index (χ3n) is 8.84. The van der Waals surface area contributed by atoms with Gasteiger partial charge in [-0.25, -0.2) is 14.2 Å². The van der Waals surface area contributed by atoms with E-state index in [1.54, 1.807) is 24.7 Å². The van der Waals surface area contributed by atoms with Crippen LogP contribution in [0.2, 0.25) is 0 Å². The van der Waals surface area contributed by atoms with Crippen molar-refractivity contribution in [2.24, 2.45) is 5.73 Å². The van der Waals surface area contributed by atoms with Gasteiger partial charge in [0.05, 0.1) is 11.4 Å². The quantitative estimate of drug-likeness (QED) is 0.0905. The number of halogens is 4. The minimum absolute atomic E-state index is 0.0815. The van der Waals surface area contributed by atoms with E-state index >= 15 is 4.39 Å². The Morgan fingerprint density at radius 2 is 1.94 bits per heavy atom. The molecule has 10 nitrogen and oxygen atoms in total. The fraction of sp³-hybridized carbons (Fsp3) is 0.400. The van der Waals surface area contributed by atoms with Gasteiger partial charge in [-0.1, -0.05) is 25.0 Å². The number of hydrogen-bond acceptors (Lipinski definition) is 7. The fourth-order valence-corrected chi connectivity index (χ4v) is 6.42. The van der Waals surface area contributed by atoms with Gasteiger partial charge in [0.2, 0.25) is 0 Å². The minimum Gasteiger partial charge on any atom is -0.403 e. The van der Waals surface area contributed by atoms with Crippen molar-refractivity contribution in [1.82, 2.24) is 29.8 Å². The average molecular weight is 681 g/mol. The third-order valence-corrected chi connectivity index (χ3v) is 8.84. The summed E-state index contributed by atoms with van der Waals surface area (Å²) in [7, 11) is 0. The van der Waals surface area contributed by atoms with E-state index in [9.17, 15) is 18.0 Å². The third kappa shape index (κ3) is 8.67. The van der Waals surface area contributed by atoms with Crippen molar-refractivity contribution in [3.63, 3.8) is 0 Å². The first-order valence-corrected chi connectivity index (χ1v) is 16.6. The molecule has 260 valence electrons. The molecule has 6 N–H and O–H groups in total. The summed E-state index contributed by atoms with van der Waals surface area (Å²) in [5.74, 6) is -1.34. The molecule has 3 atom stereocenters. The molecule has 6 rings (SSSR count). The van der Waals surface area contributed by atoms with Gasteiger partial charge in [-0.15, -0.1) is 13.2 Å². The van der Waals surface area contributed by atoms with Crippen LogP contribution in [0.3, 0.4) is 0 Å². The SMILES string of the molecule is C[C@H](N)CCCc1cc(OC(F)(F)F)c(F)c(-c2cc3cn(-c4ccc([C@@H]5CCCC[C@@H](CCNc6ncc[nH]6)N5)cc4)c(=O)nc3[nH]2)c1. The molecule has 1 aliphatic rings. The Hall–Kier alpha value is -4.69. The monoisotopic (exact) mass is 680 g/mol. The molecule has 0 saturated carbocycles. The molecule has 1 fully saturated rings. The van der Waals surface area contributed by atoms with E-state index in [2.05, 4.69) is 35.3 Å². The van der Waals surface area contributed by atoms with Crippen molar-refractivity contribution in [2.75, 3.05) is 11.9 Å². The highest BCUT2D eigenvalue weighted by Gasteiger charge is 2.33. The van der Waals surface area contributed by atoms with Crippen LogP contribution in [0.25, 0.3) is 28.0 Å².